The topological polar surface area (TPSA) is 6.48 Å². The fourth-order valence-corrected chi connectivity index (χ4v) is 9.50. The predicted molar refractivity (Wildman–Crippen MR) is 251 cm³/mol. The highest BCUT2D eigenvalue weighted by atomic mass is 15.2. The molecule has 1 aliphatic heterocycles. The molecule has 10 aromatic carbocycles. The first-order valence-electron chi connectivity index (χ1n) is 20.5. The van der Waals surface area contributed by atoms with Crippen molar-refractivity contribution in [2.45, 2.75) is 19.3 Å². The van der Waals surface area contributed by atoms with Crippen LogP contribution < -0.4 is 9.80 Å². The van der Waals surface area contributed by atoms with Crippen LogP contribution in [0.25, 0.3) is 54.6 Å². The van der Waals surface area contributed by atoms with Gasteiger partial charge in [0.2, 0.25) is 0 Å². The predicted octanol–water partition coefficient (Wildman–Crippen LogP) is 16.1. The molecule has 0 saturated heterocycles. The fourth-order valence-electron chi connectivity index (χ4n) is 9.50. The van der Waals surface area contributed by atoms with E-state index in [1.54, 1.807) is 0 Å². The van der Waals surface area contributed by atoms with Gasteiger partial charge in [-0.1, -0.05) is 178 Å². The van der Waals surface area contributed by atoms with E-state index in [0.717, 1.165) is 22.7 Å². The molecule has 2 nitrogen and oxygen atoms in total. The third-order valence-corrected chi connectivity index (χ3v) is 12.4. The lowest BCUT2D eigenvalue weighted by Gasteiger charge is -2.44. The van der Waals surface area contributed by atoms with Crippen molar-refractivity contribution in [1.82, 2.24) is 0 Å². The van der Waals surface area contributed by atoms with Gasteiger partial charge in [-0.15, -0.1) is 0 Å². The lowest BCUT2D eigenvalue weighted by molar-refractivity contribution is 0.632. The highest BCUT2D eigenvalue weighted by molar-refractivity contribution is 6.14. The van der Waals surface area contributed by atoms with E-state index in [-0.39, 0.29) is 5.41 Å². The molecule has 0 radical (unpaired) electrons. The Bertz CT molecular complexity index is 3180. The monoisotopic (exact) mass is 754 g/mol. The van der Waals surface area contributed by atoms with Crippen LogP contribution >= 0.6 is 0 Å². The van der Waals surface area contributed by atoms with E-state index in [0.29, 0.717) is 0 Å². The van der Waals surface area contributed by atoms with Gasteiger partial charge in [0.05, 0.1) is 22.7 Å². The Morgan fingerprint density at radius 1 is 0.373 bits per heavy atom. The first kappa shape index (κ1) is 34.8. The van der Waals surface area contributed by atoms with Gasteiger partial charge in [-0.25, -0.2) is 0 Å². The molecule has 0 aromatic heterocycles. The number of benzene rings is 10. The molecule has 0 atom stereocenters. The third-order valence-electron chi connectivity index (χ3n) is 12.4. The summed E-state index contributed by atoms with van der Waals surface area (Å²) in [5, 5.41) is 7.47. The fraction of sp³-hybridized carbons (Fsp3) is 0.0526. The number of fused-ring (bicyclic) bond motifs is 6. The van der Waals surface area contributed by atoms with E-state index in [4.69, 9.17) is 0 Å². The van der Waals surface area contributed by atoms with Gasteiger partial charge >= 0.3 is 0 Å². The highest BCUT2D eigenvalue weighted by Gasteiger charge is 2.39. The Morgan fingerprint density at radius 2 is 0.932 bits per heavy atom. The van der Waals surface area contributed by atoms with Crippen molar-refractivity contribution in [3.05, 3.63) is 230 Å². The van der Waals surface area contributed by atoms with E-state index in [1.165, 1.54) is 77.1 Å². The normalized spacial score (nSPS) is 13.0. The summed E-state index contributed by atoms with van der Waals surface area (Å²) in [6.07, 6.45) is 0. The summed E-state index contributed by atoms with van der Waals surface area (Å²) in [6, 6.07) is 80.0. The molecule has 280 valence electrons. The Hall–Kier alpha value is -7.42. The van der Waals surface area contributed by atoms with E-state index in [1.807, 2.05) is 0 Å². The lowest BCUT2D eigenvalue weighted by atomic mass is 9.72. The zero-order valence-electron chi connectivity index (χ0n) is 33.2. The molecular formula is C57H42N2. The van der Waals surface area contributed by atoms with Crippen LogP contribution in [0.3, 0.4) is 0 Å². The molecule has 0 spiro atoms. The lowest BCUT2D eigenvalue weighted by Crippen LogP contribution is -2.31. The number of hydrogen-bond acceptors (Lipinski definition) is 2. The van der Waals surface area contributed by atoms with Gasteiger partial charge in [-0.3, -0.25) is 0 Å². The molecule has 1 aliphatic rings. The summed E-state index contributed by atoms with van der Waals surface area (Å²) < 4.78 is 0. The highest BCUT2D eigenvalue weighted by Crippen LogP contribution is 2.57. The summed E-state index contributed by atoms with van der Waals surface area (Å²) in [6.45, 7) is 4.78. The van der Waals surface area contributed by atoms with Crippen LogP contribution in [0.15, 0.2) is 218 Å². The Labute approximate surface area is 345 Å². The summed E-state index contributed by atoms with van der Waals surface area (Å²) in [4.78, 5) is 4.97. The van der Waals surface area contributed by atoms with Gasteiger partial charge in [-0.2, -0.15) is 0 Å². The number of rotatable bonds is 6. The summed E-state index contributed by atoms with van der Waals surface area (Å²) in [5.41, 5.74) is 14.0. The smallest absolute Gasteiger partial charge is 0.0781 e. The van der Waals surface area contributed by atoms with Gasteiger partial charge in [0.25, 0.3) is 0 Å². The van der Waals surface area contributed by atoms with Gasteiger partial charge in [0.15, 0.2) is 0 Å². The van der Waals surface area contributed by atoms with Gasteiger partial charge in [-0.05, 0) is 115 Å². The van der Waals surface area contributed by atoms with Crippen molar-refractivity contribution < 1.29 is 0 Å². The number of anilines is 6. The van der Waals surface area contributed by atoms with E-state index in [9.17, 15) is 0 Å². The second-order valence-corrected chi connectivity index (χ2v) is 16.1. The van der Waals surface area contributed by atoms with Crippen molar-refractivity contribution in [3.8, 4) is 22.3 Å². The molecule has 11 rings (SSSR count). The van der Waals surface area contributed by atoms with Crippen molar-refractivity contribution in [2.24, 2.45) is 0 Å². The zero-order valence-corrected chi connectivity index (χ0v) is 33.2. The molecule has 0 amide bonds. The molecule has 0 N–H and O–H groups in total. The van der Waals surface area contributed by atoms with Crippen molar-refractivity contribution in [3.63, 3.8) is 0 Å². The van der Waals surface area contributed by atoms with Crippen molar-refractivity contribution in [2.75, 3.05) is 9.80 Å². The zero-order chi connectivity index (χ0) is 39.5. The molecule has 10 aromatic rings. The number of hydrogen-bond donors (Lipinski definition) is 0. The molecular weight excluding hydrogens is 713 g/mol. The van der Waals surface area contributed by atoms with Crippen LogP contribution in [0.1, 0.15) is 25.0 Å². The number of para-hydroxylation sites is 2. The molecule has 59 heavy (non-hydrogen) atoms. The van der Waals surface area contributed by atoms with Crippen LogP contribution in [0.2, 0.25) is 0 Å². The van der Waals surface area contributed by atoms with E-state index in [2.05, 4.69) is 242 Å². The molecule has 2 heteroatoms. The summed E-state index contributed by atoms with van der Waals surface area (Å²) in [7, 11) is 0. The minimum atomic E-state index is -0.276. The average molecular weight is 755 g/mol. The minimum Gasteiger partial charge on any atom is -0.308 e. The molecule has 0 bridgehead atoms. The van der Waals surface area contributed by atoms with Gasteiger partial charge in [0, 0.05) is 22.2 Å². The van der Waals surface area contributed by atoms with E-state index < -0.39 is 0 Å². The molecule has 1 heterocycles. The summed E-state index contributed by atoms with van der Waals surface area (Å²) in [5.74, 6) is 0. The average Bonchev–Trinajstić information content (AvgIpc) is 3.30. The molecule has 0 fully saturated rings. The standard InChI is InChI=1S/C57H42N2/c1-57(2)51-27-15-16-28-53(51)59(54-35-32-43(38-52(54)57)50-37-42-20-10-11-23-46(42)48-25-13-14-26-49(48)50)56-47-24-12-9-19-41(47)31-36-55(56)58(44-21-7-4-8-22-44)45-33-29-40(30-34-45)39-17-5-3-6-18-39/h3-38H,1-2H3. The van der Waals surface area contributed by atoms with Crippen LogP contribution in [0.4, 0.5) is 34.1 Å². The van der Waals surface area contributed by atoms with E-state index >= 15 is 0 Å². The quantitative estimate of drug-likeness (QED) is 0.156. The largest absolute Gasteiger partial charge is 0.308 e. The molecule has 0 aliphatic carbocycles. The van der Waals surface area contributed by atoms with Crippen molar-refractivity contribution >= 4 is 66.4 Å². The second-order valence-electron chi connectivity index (χ2n) is 16.1. The first-order valence-corrected chi connectivity index (χ1v) is 20.5. The van der Waals surface area contributed by atoms with Crippen molar-refractivity contribution in [1.29, 1.82) is 0 Å². The maximum Gasteiger partial charge on any atom is 0.0781 e. The van der Waals surface area contributed by atoms with Gasteiger partial charge < -0.3 is 9.80 Å². The Kier molecular flexibility index (Phi) is 8.20. The second kappa shape index (κ2) is 13.9. The first-order chi connectivity index (χ1) is 29.0. The Morgan fingerprint density at radius 3 is 1.71 bits per heavy atom. The van der Waals surface area contributed by atoms with Gasteiger partial charge in [0.1, 0.15) is 0 Å². The maximum atomic E-state index is 2.55. The van der Waals surface area contributed by atoms with Crippen LogP contribution in [0, 0.1) is 0 Å². The SMILES string of the molecule is CC1(C)c2ccccc2N(c2c(N(c3ccccc3)c3ccc(-c4ccccc4)cc3)ccc3ccccc23)c2ccc(-c3cc4ccccc4c4ccccc34)cc21. The maximum absolute atomic E-state index is 2.55. The molecule has 0 saturated carbocycles. The van der Waals surface area contributed by atoms with Crippen LogP contribution in [-0.2, 0) is 5.41 Å². The summed E-state index contributed by atoms with van der Waals surface area (Å²) >= 11 is 0. The number of nitrogens with zero attached hydrogens (tertiary/aromatic N) is 2. The van der Waals surface area contributed by atoms with Crippen LogP contribution in [-0.4, -0.2) is 0 Å². The Balaban J connectivity index is 1.17. The van der Waals surface area contributed by atoms with Crippen LogP contribution in [0.5, 0.6) is 0 Å². The minimum absolute atomic E-state index is 0.276. The third kappa shape index (κ3) is 5.71. The molecule has 0 unspecified atom stereocenters.